The van der Waals surface area contributed by atoms with Crippen LogP contribution >= 0.6 is 0 Å². The molecule has 0 bridgehead atoms. The van der Waals surface area contributed by atoms with Crippen molar-refractivity contribution >= 4 is 22.7 Å². The summed E-state index contributed by atoms with van der Waals surface area (Å²) >= 11 is 0. The Bertz CT molecular complexity index is 1480. The van der Waals surface area contributed by atoms with E-state index in [4.69, 9.17) is 14.2 Å². The van der Waals surface area contributed by atoms with Crippen LogP contribution in [0.25, 0.3) is 16.5 Å². The molecule has 0 atom stereocenters. The maximum Gasteiger partial charge on any atom is 0.166 e. The number of nitrogens with zero attached hydrogens (tertiary/aromatic N) is 3. The van der Waals surface area contributed by atoms with Gasteiger partial charge in [0.2, 0.25) is 0 Å². The molecule has 0 fully saturated rings. The molecule has 0 radical (unpaired) electrons. The van der Waals surface area contributed by atoms with Gasteiger partial charge in [0.25, 0.3) is 0 Å². The fourth-order valence-corrected chi connectivity index (χ4v) is 4.18. The lowest BCUT2D eigenvalue weighted by molar-refractivity contribution is 0.355. The van der Waals surface area contributed by atoms with E-state index in [1.807, 2.05) is 24.4 Å². The number of allylic oxidation sites excluding steroid dienone is 1. The number of aliphatic imine (C=N–C) groups is 1. The van der Waals surface area contributed by atoms with E-state index in [9.17, 15) is 0 Å². The van der Waals surface area contributed by atoms with Crippen LogP contribution in [-0.2, 0) is 6.54 Å². The maximum atomic E-state index is 15.2. The topological polar surface area (TPSA) is 56.2 Å². The third-order valence-corrected chi connectivity index (χ3v) is 6.14. The van der Waals surface area contributed by atoms with Crippen molar-refractivity contribution < 1.29 is 18.6 Å². The van der Waals surface area contributed by atoms with Crippen molar-refractivity contribution in [3.63, 3.8) is 0 Å². The largest absolute Gasteiger partial charge is 0.493 e. The molecule has 1 aliphatic rings. The Balaban J connectivity index is 1.40. The number of hydrogen-bond acceptors (Lipinski definition) is 6. The van der Waals surface area contributed by atoms with E-state index in [1.54, 1.807) is 50.9 Å². The molecule has 182 valence electrons. The smallest absolute Gasteiger partial charge is 0.166 e. The van der Waals surface area contributed by atoms with E-state index in [0.717, 1.165) is 17.7 Å². The van der Waals surface area contributed by atoms with Crippen LogP contribution in [0.15, 0.2) is 78.1 Å². The van der Waals surface area contributed by atoms with E-state index in [2.05, 4.69) is 33.9 Å². The summed E-state index contributed by atoms with van der Waals surface area (Å²) in [5.74, 6) is 1.21. The van der Waals surface area contributed by atoms with Gasteiger partial charge in [0.1, 0.15) is 12.4 Å². The van der Waals surface area contributed by atoms with Gasteiger partial charge in [-0.1, -0.05) is 30.3 Å². The molecule has 2 heterocycles. The number of fused-ring (bicyclic) bond motifs is 1. The van der Waals surface area contributed by atoms with Crippen LogP contribution in [-0.4, -0.2) is 37.0 Å². The second-order valence-corrected chi connectivity index (χ2v) is 8.49. The number of methoxy groups -OCH3 is 2. The Kier molecular flexibility index (Phi) is 6.54. The molecule has 0 aliphatic carbocycles. The van der Waals surface area contributed by atoms with Crippen molar-refractivity contribution in [3.8, 4) is 23.0 Å². The first-order valence-corrected chi connectivity index (χ1v) is 11.5. The second-order valence-electron chi connectivity index (χ2n) is 8.49. The summed E-state index contributed by atoms with van der Waals surface area (Å²) in [4.78, 5) is 11.0. The quantitative estimate of drug-likeness (QED) is 0.305. The van der Waals surface area contributed by atoms with Gasteiger partial charge >= 0.3 is 0 Å². The fourth-order valence-electron chi connectivity index (χ4n) is 4.18. The van der Waals surface area contributed by atoms with Crippen molar-refractivity contribution in [3.05, 3.63) is 95.6 Å². The summed E-state index contributed by atoms with van der Waals surface area (Å²) in [5.41, 5.74) is 4.68. The van der Waals surface area contributed by atoms with Crippen LogP contribution in [0.1, 0.15) is 16.7 Å². The molecule has 0 amide bonds. The van der Waals surface area contributed by atoms with E-state index in [0.29, 0.717) is 34.8 Å². The van der Waals surface area contributed by atoms with Crippen LogP contribution < -0.4 is 14.2 Å². The highest BCUT2D eigenvalue weighted by atomic mass is 19.1. The van der Waals surface area contributed by atoms with Crippen molar-refractivity contribution in [2.24, 2.45) is 4.99 Å². The number of pyridine rings is 1. The summed E-state index contributed by atoms with van der Waals surface area (Å²) in [6, 6.07) is 18.4. The molecule has 1 aromatic heterocycles. The number of hydrogen-bond donors (Lipinski definition) is 0. The summed E-state index contributed by atoms with van der Waals surface area (Å²) in [5, 5.41) is 0.688. The van der Waals surface area contributed by atoms with Gasteiger partial charge < -0.3 is 19.1 Å². The van der Waals surface area contributed by atoms with Gasteiger partial charge in [-0.3, -0.25) is 9.98 Å². The Hall–Kier alpha value is -4.39. The highest BCUT2D eigenvalue weighted by Crippen LogP contribution is 2.37. The van der Waals surface area contributed by atoms with Gasteiger partial charge in [-0.25, -0.2) is 4.39 Å². The molecule has 3 aromatic carbocycles. The monoisotopic (exact) mass is 483 g/mol. The SMILES string of the molecule is COc1cc2nccc(Oc3ccc(C4=CN(Cc5ccccc5C)CN=C4)cc3F)c2cc1OC. The van der Waals surface area contributed by atoms with Crippen LogP contribution in [0.2, 0.25) is 0 Å². The van der Waals surface area contributed by atoms with Crippen molar-refractivity contribution in [1.29, 1.82) is 0 Å². The third kappa shape index (κ3) is 4.73. The Labute approximate surface area is 209 Å². The zero-order chi connectivity index (χ0) is 25.1. The Morgan fingerprint density at radius 2 is 1.72 bits per heavy atom. The first-order valence-electron chi connectivity index (χ1n) is 11.5. The Morgan fingerprint density at radius 3 is 2.50 bits per heavy atom. The normalized spacial score (nSPS) is 13.0. The number of aryl methyl sites for hydroxylation is 1. The molecule has 0 saturated heterocycles. The zero-order valence-electron chi connectivity index (χ0n) is 20.4. The summed E-state index contributed by atoms with van der Waals surface area (Å²) in [6.07, 6.45) is 5.41. The molecule has 0 N–H and O–H groups in total. The van der Waals surface area contributed by atoms with Crippen molar-refractivity contribution in [2.45, 2.75) is 13.5 Å². The van der Waals surface area contributed by atoms with Crippen LogP contribution in [0.3, 0.4) is 0 Å². The lowest BCUT2D eigenvalue weighted by atomic mass is 10.1. The van der Waals surface area contributed by atoms with E-state index < -0.39 is 5.82 Å². The summed E-state index contributed by atoms with van der Waals surface area (Å²) < 4.78 is 31.9. The van der Waals surface area contributed by atoms with E-state index in [-0.39, 0.29) is 5.75 Å². The van der Waals surface area contributed by atoms with Crippen LogP contribution in [0.4, 0.5) is 4.39 Å². The average molecular weight is 484 g/mol. The zero-order valence-corrected chi connectivity index (χ0v) is 20.4. The van der Waals surface area contributed by atoms with Gasteiger partial charge in [-0.2, -0.15) is 0 Å². The molecule has 1 aliphatic heterocycles. The molecule has 36 heavy (non-hydrogen) atoms. The standard InChI is InChI=1S/C29H26FN3O3/c1-19-6-4-5-7-21(19)16-33-17-22(15-31-18-33)20-8-9-27(24(30)12-20)36-26-10-11-32-25-14-29(35-3)28(34-2)13-23(25)26/h4-15,17H,16,18H2,1-3H3. The molecule has 0 saturated carbocycles. The summed E-state index contributed by atoms with van der Waals surface area (Å²) in [7, 11) is 3.12. The minimum absolute atomic E-state index is 0.117. The highest BCUT2D eigenvalue weighted by Gasteiger charge is 2.15. The van der Waals surface area contributed by atoms with Gasteiger partial charge in [-0.05, 0) is 47.9 Å². The first kappa shape index (κ1) is 23.4. The molecule has 4 aromatic rings. The van der Waals surface area contributed by atoms with Gasteiger partial charge in [0.05, 0.1) is 19.7 Å². The molecule has 7 heteroatoms. The number of ether oxygens (including phenoxy) is 3. The van der Waals surface area contributed by atoms with E-state index in [1.165, 1.54) is 17.2 Å². The lowest BCUT2D eigenvalue weighted by Crippen LogP contribution is -2.21. The number of aromatic nitrogens is 1. The summed E-state index contributed by atoms with van der Waals surface area (Å²) in [6.45, 7) is 3.39. The predicted molar refractivity (Wildman–Crippen MR) is 139 cm³/mol. The van der Waals surface area contributed by atoms with Gasteiger partial charge in [-0.15, -0.1) is 0 Å². The van der Waals surface area contributed by atoms with Crippen molar-refractivity contribution in [2.75, 3.05) is 20.9 Å². The number of halogens is 1. The predicted octanol–water partition coefficient (Wildman–Crippen LogP) is 6.38. The average Bonchev–Trinajstić information content (AvgIpc) is 2.90. The number of rotatable bonds is 7. The van der Waals surface area contributed by atoms with Crippen molar-refractivity contribution in [1.82, 2.24) is 9.88 Å². The third-order valence-electron chi connectivity index (χ3n) is 6.14. The molecule has 6 nitrogen and oxygen atoms in total. The van der Waals surface area contributed by atoms with E-state index >= 15 is 4.39 Å². The molecular weight excluding hydrogens is 457 g/mol. The maximum absolute atomic E-state index is 15.2. The molecule has 5 rings (SSSR count). The second kappa shape index (κ2) is 10.1. The Morgan fingerprint density at radius 1 is 0.917 bits per heavy atom. The molecular formula is C29H26FN3O3. The minimum atomic E-state index is -0.469. The van der Waals surface area contributed by atoms with Crippen LogP contribution in [0, 0.1) is 12.7 Å². The molecule has 0 unspecified atom stereocenters. The lowest BCUT2D eigenvalue weighted by Gasteiger charge is -2.23. The number of benzene rings is 3. The fraction of sp³-hybridized carbons (Fsp3) is 0.172. The van der Waals surface area contributed by atoms with Crippen LogP contribution in [0.5, 0.6) is 23.0 Å². The minimum Gasteiger partial charge on any atom is -0.493 e. The molecule has 0 spiro atoms. The first-order chi connectivity index (χ1) is 17.6. The van der Waals surface area contributed by atoms with Gasteiger partial charge in [0.15, 0.2) is 23.1 Å². The highest BCUT2D eigenvalue weighted by molar-refractivity contribution is 6.10. The van der Waals surface area contributed by atoms with Gasteiger partial charge in [0, 0.05) is 42.2 Å².